The number of hydrogen-bond acceptors (Lipinski definition) is 4. The number of fused-ring (bicyclic) bond motifs is 1. The van der Waals surface area contributed by atoms with Crippen LogP contribution in [0.25, 0.3) is 5.78 Å². The molecule has 8 heteroatoms. The Balaban J connectivity index is 2.22. The molecule has 18 heavy (non-hydrogen) atoms. The van der Waals surface area contributed by atoms with Crippen molar-refractivity contribution in [3.63, 3.8) is 0 Å². The Morgan fingerprint density at radius 3 is 2.83 bits per heavy atom. The number of hydrogen-bond donors (Lipinski definition) is 1. The third kappa shape index (κ3) is 1.41. The van der Waals surface area contributed by atoms with E-state index in [1.165, 1.54) is 16.8 Å². The molecule has 0 aromatic carbocycles. The molecule has 1 aliphatic rings. The lowest BCUT2D eigenvalue weighted by Gasteiger charge is -2.28. The van der Waals surface area contributed by atoms with Crippen molar-refractivity contribution in [3.05, 3.63) is 24.3 Å². The zero-order valence-electron chi connectivity index (χ0n) is 9.28. The molecule has 0 bridgehead atoms. The van der Waals surface area contributed by atoms with Gasteiger partial charge in [0.1, 0.15) is 5.41 Å². The zero-order valence-corrected chi connectivity index (χ0v) is 9.28. The normalized spacial score (nSPS) is 24.8. The van der Waals surface area contributed by atoms with Crippen molar-refractivity contribution in [2.45, 2.75) is 18.0 Å². The standard InChI is InChI=1S/C10H10F3N5/c11-10(12,13)9(2-4-14-6-9)7-16-17-8-15-3-1-5-18(7)8/h1,3,5,14H,2,4,6H2. The second-order valence-corrected chi connectivity index (χ2v) is 4.32. The van der Waals surface area contributed by atoms with Crippen LogP contribution in [0.3, 0.4) is 0 Å². The largest absolute Gasteiger partial charge is 0.402 e. The lowest BCUT2D eigenvalue weighted by molar-refractivity contribution is -0.187. The third-order valence-electron chi connectivity index (χ3n) is 3.32. The lowest BCUT2D eigenvalue weighted by atomic mass is 9.85. The Bertz CT molecular complexity index is 570. The van der Waals surface area contributed by atoms with Gasteiger partial charge in [-0.2, -0.15) is 13.2 Å². The molecule has 1 unspecified atom stereocenters. The fraction of sp³-hybridized carbons (Fsp3) is 0.500. The van der Waals surface area contributed by atoms with Crippen LogP contribution in [0.15, 0.2) is 18.5 Å². The first-order chi connectivity index (χ1) is 8.55. The maximum atomic E-state index is 13.4. The first-order valence-electron chi connectivity index (χ1n) is 5.48. The van der Waals surface area contributed by atoms with Gasteiger partial charge >= 0.3 is 6.18 Å². The van der Waals surface area contributed by atoms with E-state index >= 15 is 0 Å². The highest BCUT2D eigenvalue weighted by atomic mass is 19.4. The Kier molecular flexibility index (Phi) is 2.31. The van der Waals surface area contributed by atoms with E-state index in [9.17, 15) is 13.2 Å². The number of nitrogens with one attached hydrogen (secondary N) is 1. The highest BCUT2D eigenvalue weighted by Gasteiger charge is 2.60. The van der Waals surface area contributed by atoms with Gasteiger partial charge in [-0.25, -0.2) is 4.98 Å². The molecule has 1 atom stereocenters. The van der Waals surface area contributed by atoms with Crippen molar-refractivity contribution < 1.29 is 13.2 Å². The highest BCUT2D eigenvalue weighted by molar-refractivity contribution is 5.31. The topological polar surface area (TPSA) is 55.1 Å². The summed E-state index contributed by atoms with van der Waals surface area (Å²) in [6.45, 7) is 0.140. The maximum Gasteiger partial charge on any atom is 0.402 e. The van der Waals surface area contributed by atoms with E-state index in [1.807, 2.05) is 0 Å². The zero-order chi connectivity index (χ0) is 12.8. The molecular formula is C10H10F3N5. The molecule has 0 radical (unpaired) electrons. The summed E-state index contributed by atoms with van der Waals surface area (Å²) in [5.41, 5.74) is -1.98. The average Bonchev–Trinajstić information content (AvgIpc) is 2.94. The van der Waals surface area contributed by atoms with E-state index < -0.39 is 11.6 Å². The molecule has 0 amide bonds. The van der Waals surface area contributed by atoms with Crippen LogP contribution in [-0.2, 0) is 5.41 Å². The number of rotatable bonds is 1. The molecule has 0 saturated carbocycles. The number of halogens is 3. The van der Waals surface area contributed by atoms with Gasteiger partial charge < -0.3 is 5.32 Å². The number of alkyl halides is 3. The molecule has 2 aromatic rings. The summed E-state index contributed by atoms with van der Waals surface area (Å²) in [6, 6.07) is 1.56. The summed E-state index contributed by atoms with van der Waals surface area (Å²) in [5.74, 6) is 0.0890. The van der Waals surface area contributed by atoms with Crippen LogP contribution in [0, 0.1) is 0 Å². The van der Waals surface area contributed by atoms with Crippen LogP contribution in [0.1, 0.15) is 12.2 Å². The predicted molar refractivity (Wildman–Crippen MR) is 56.0 cm³/mol. The fourth-order valence-electron chi connectivity index (χ4n) is 2.32. The summed E-state index contributed by atoms with van der Waals surface area (Å²) >= 11 is 0. The molecule has 1 aliphatic heterocycles. The summed E-state index contributed by atoms with van der Waals surface area (Å²) in [5, 5.41) is 10.2. The molecule has 3 rings (SSSR count). The molecule has 0 spiro atoms. The van der Waals surface area contributed by atoms with Crippen LogP contribution in [0.2, 0.25) is 0 Å². The minimum Gasteiger partial charge on any atom is -0.315 e. The average molecular weight is 257 g/mol. The van der Waals surface area contributed by atoms with Gasteiger partial charge in [-0.1, -0.05) is 0 Å². The van der Waals surface area contributed by atoms with Gasteiger partial charge in [0, 0.05) is 18.9 Å². The highest BCUT2D eigenvalue weighted by Crippen LogP contribution is 2.44. The molecule has 3 heterocycles. The van der Waals surface area contributed by atoms with Gasteiger partial charge in [0.25, 0.3) is 5.78 Å². The van der Waals surface area contributed by atoms with E-state index in [2.05, 4.69) is 20.5 Å². The van der Waals surface area contributed by atoms with Crippen LogP contribution >= 0.6 is 0 Å². The molecule has 0 aliphatic carbocycles. The van der Waals surface area contributed by atoms with Crippen LogP contribution < -0.4 is 5.32 Å². The molecule has 2 aromatic heterocycles. The quantitative estimate of drug-likeness (QED) is 0.825. The van der Waals surface area contributed by atoms with Crippen molar-refractivity contribution in [1.29, 1.82) is 0 Å². The van der Waals surface area contributed by atoms with Crippen molar-refractivity contribution >= 4 is 5.78 Å². The van der Waals surface area contributed by atoms with E-state index in [4.69, 9.17) is 0 Å². The first-order valence-corrected chi connectivity index (χ1v) is 5.48. The third-order valence-corrected chi connectivity index (χ3v) is 3.32. The lowest BCUT2D eigenvalue weighted by Crippen LogP contribution is -2.45. The second kappa shape index (κ2) is 3.64. The smallest absolute Gasteiger partial charge is 0.315 e. The fourth-order valence-corrected chi connectivity index (χ4v) is 2.32. The van der Waals surface area contributed by atoms with Crippen LogP contribution in [0.4, 0.5) is 13.2 Å². The summed E-state index contributed by atoms with van der Waals surface area (Å²) in [7, 11) is 0. The van der Waals surface area contributed by atoms with E-state index in [0.717, 1.165) is 0 Å². The Morgan fingerprint density at radius 2 is 2.17 bits per heavy atom. The monoisotopic (exact) mass is 257 g/mol. The number of aromatic nitrogens is 4. The summed E-state index contributed by atoms with van der Waals surface area (Å²) in [6.07, 6.45) is -1.42. The SMILES string of the molecule is FC(F)(F)C1(c2nnc3ncccn23)CCNC1. The Morgan fingerprint density at radius 1 is 1.33 bits per heavy atom. The van der Waals surface area contributed by atoms with Crippen molar-refractivity contribution in [1.82, 2.24) is 24.9 Å². The summed E-state index contributed by atoms with van der Waals surface area (Å²) < 4.78 is 41.4. The summed E-state index contributed by atoms with van der Waals surface area (Å²) in [4.78, 5) is 3.89. The predicted octanol–water partition coefficient (Wildman–Crippen LogP) is 0.918. The second-order valence-electron chi connectivity index (χ2n) is 4.32. The van der Waals surface area contributed by atoms with Gasteiger partial charge in [0.05, 0.1) is 0 Å². The van der Waals surface area contributed by atoms with Crippen molar-refractivity contribution in [2.24, 2.45) is 0 Å². The Hall–Kier alpha value is -1.70. The minimum absolute atomic E-state index is 0.0355. The first kappa shape index (κ1) is 11.4. The van der Waals surface area contributed by atoms with E-state index in [-0.39, 0.29) is 24.6 Å². The Labute approximate surface area is 100 Å². The molecular weight excluding hydrogens is 247 g/mol. The van der Waals surface area contributed by atoms with E-state index in [0.29, 0.717) is 6.54 Å². The minimum atomic E-state index is -4.37. The van der Waals surface area contributed by atoms with Gasteiger partial charge in [0.2, 0.25) is 0 Å². The van der Waals surface area contributed by atoms with Gasteiger partial charge in [-0.05, 0) is 19.0 Å². The molecule has 5 nitrogen and oxygen atoms in total. The van der Waals surface area contributed by atoms with Gasteiger partial charge in [0.15, 0.2) is 5.82 Å². The molecule has 1 N–H and O–H groups in total. The van der Waals surface area contributed by atoms with Crippen molar-refractivity contribution in [3.8, 4) is 0 Å². The maximum absolute atomic E-state index is 13.4. The van der Waals surface area contributed by atoms with Crippen LogP contribution in [-0.4, -0.2) is 38.8 Å². The van der Waals surface area contributed by atoms with Crippen molar-refractivity contribution in [2.75, 3.05) is 13.1 Å². The van der Waals surface area contributed by atoms with Gasteiger partial charge in [-0.15, -0.1) is 10.2 Å². The van der Waals surface area contributed by atoms with E-state index in [1.54, 1.807) is 6.07 Å². The van der Waals surface area contributed by atoms with Gasteiger partial charge in [-0.3, -0.25) is 4.40 Å². The van der Waals surface area contributed by atoms with Crippen LogP contribution in [0.5, 0.6) is 0 Å². The number of nitrogens with zero attached hydrogens (tertiary/aromatic N) is 4. The molecule has 1 fully saturated rings. The molecule has 1 saturated heterocycles. The molecule has 96 valence electrons.